The third kappa shape index (κ3) is 3.58. The van der Waals surface area contributed by atoms with E-state index in [-0.39, 0.29) is 5.56 Å². The lowest BCUT2D eigenvalue weighted by atomic mass is 9.83. The molecule has 1 fully saturated rings. The SMILES string of the molecule is Cc1nccc(-c2cccc(NC(=O)c3c(C)cc(C4CCC4)oc3=O)c2)n1. The van der Waals surface area contributed by atoms with Crippen LogP contribution in [0.4, 0.5) is 5.69 Å². The number of hydrogen-bond acceptors (Lipinski definition) is 5. The van der Waals surface area contributed by atoms with Crippen LogP contribution in [0.1, 0.15) is 52.7 Å². The molecule has 2 heterocycles. The number of aromatic nitrogens is 2. The molecular weight excluding hydrogens is 354 g/mol. The van der Waals surface area contributed by atoms with Gasteiger partial charge in [0, 0.05) is 23.4 Å². The first kappa shape index (κ1) is 18.1. The third-order valence-corrected chi connectivity index (χ3v) is 5.09. The van der Waals surface area contributed by atoms with Crippen LogP contribution in [0.3, 0.4) is 0 Å². The Hall–Kier alpha value is -3.28. The number of rotatable bonds is 4. The monoisotopic (exact) mass is 375 g/mol. The molecule has 2 aromatic heterocycles. The normalized spacial score (nSPS) is 13.8. The molecule has 0 saturated heterocycles. The van der Waals surface area contributed by atoms with Crippen molar-refractivity contribution in [3.05, 3.63) is 75.7 Å². The van der Waals surface area contributed by atoms with E-state index in [1.165, 1.54) is 0 Å². The zero-order valence-electron chi connectivity index (χ0n) is 15.9. The van der Waals surface area contributed by atoms with Gasteiger partial charge in [0.25, 0.3) is 5.91 Å². The number of carbonyl (C=O) groups is 1. The molecule has 28 heavy (non-hydrogen) atoms. The summed E-state index contributed by atoms with van der Waals surface area (Å²) in [4.78, 5) is 33.6. The maximum atomic E-state index is 12.7. The van der Waals surface area contributed by atoms with Crippen LogP contribution in [-0.4, -0.2) is 15.9 Å². The van der Waals surface area contributed by atoms with Crippen LogP contribution in [0.5, 0.6) is 0 Å². The van der Waals surface area contributed by atoms with Crippen molar-refractivity contribution in [3.63, 3.8) is 0 Å². The number of carbonyl (C=O) groups excluding carboxylic acids is 1. The van der Waals surface area contributed by atoms with E-state index in [2.05, 4.69) is 15.3 Å². The molecule has 0 aliphatic heterocycles. The fourth-order valence-corrected chi connectivity index (χ4v) is 3.37. The van der Waals surface area contributed by atoms with Gasteiger partial charge >= 0.3 is 5.63 Å². The Balaban J connectivity index is 1.59. The molecule has 1 N–H and O–H groups in total. The third-order valence-electron chi connectivity index (χ3n) is 5.09. The quantitative estimate of drug-likeness (QED) is 0.737. The Labute approximate surface area is 162 Å². The summed E-state index contributed by atoms with van der Waals surface area (Å²) in [5.74, 6) is 1.19. The highest BCUT2D eigenvalue weighted by molar-refractivity contribution is 6.05. The maximum Gasteiger partial charge on any atom is 0.349 e. The average Bonchev–Trinajstić information content (AvgIpc) is 2.60. The van der Waals surface area contributed by atoms with Crippen molar-refractivity contribution in [2.24, 2.45) is 0 Å². The van der Waals surface area contributed by atoms with Crippen molar-refractivity contribution >= 4 is 11.6 Å². The van der Waals surface area contributed by atoms with Crippen molar-refractivity contribution in [1.29, 1.82) is 0 Å². The highest BCUT2D eigenvalue weighted by atomic mass is 16.4. The molecule has 1 aliphatic carbocycles. The van der Waals surface area contributed by atoms with Gasteiger partial charge in [-0.15, -0.1) is 0 Å². The first-order valence-electron chi connectivity index (χ1n) is 9.37. The molecule has 6 heteroatoms. The Bertz CT molecular complexity index is 1100. The first-order chi connectivity index (χ1) is 13.5. The Morgan fingerprint density at radius 3 is 2.68 bits per heavy atom. The first-order valence-corrected chi connectivity index (χ1v) is 9.37. The molecule has 1 aromatic carbocycles. The molecule has 4 rings (SSSR count). The molecule has 0 unspecified atom stereocenters. The second-order valence-electron chi connectivity index (χ2n) is 7.15. The lowest BCUT2D eigenvalue weighted by Gasteiger charge is -2.24. The molecule has 3 aromatic rings. The van der Waals surface area contributed by atoms with Gasteiger partial charge in [0.05, 0.1) is 5.69 Å². The molecule has 6 nitrogen and oxygen atoms in total. The largest absolute Gasteiger partial charge is 0.427 e. The number of benzene rings is 1. The van der Waals surface area contributed by atoms with Gasteiger partial charge in [-0.25, -0.2) is 14.8 Å². The second kappa shape index (κ2) is 7.38. The van der Waals surface area contributed by atoms with Crippen molar-refractivity contribution < 1.29 is 9.21 Å². The summed E-state index contributed by atoms with van der Waals surface area (Å²) in [6.45, 7) is 3.60. The summed E-state index contributed by atoms with van der Waals surface area (Å²) >= 11 is 0. The minimum absolute atomic E-state index is 0.0476. The van der Waals surface area contributed by atoms with Crippen LogP contribution in [0.2, 0.25) is 0 Å². The fourth-order valence-electron chi connectivity index (χ4n) is 3.37. The molecule has 0 spiro atoms. The number of anilines is 1. The Morgan fingerprint density at radius 1 is 1.18 bits per heavy atom. The molecular formula is C22H21N3O3. The predicted octanol–water partition coefficient (Wildman–Crippen LogP) is 4.23. The van der Waals surface area contributed by atoms with Gasteiger partial charge in [0.2, 0.25) is 0 Å². The summed E-state index contributed by atoms with van der Waals surface area (Å²) in [6, 6.07) is 11.0. The van der Waals surface area contributed by atoms with Crippen LogP contribution >= 0.6 is 0 Å². The fraction of sp³-hybridized carbons (Fsp3) is 0.273. The van der Waals surface area contributed by atoms with Crippen molar-refractivity contribution in [2.45, 2.75) is 39.0 Å². The minimum Gasteiger partial charge on any atom is -0.427 e. The van der Waals surface area contributed by atoms with E-state index in [9.17, 15) is 9.59 Å². The Kier molecular flexibility index (Phi) is 4.77. The van der Waals surface area contributed by atoms with Gasteiger partial charge in [-0.3, -0.25) is 4.79 Å². The van der Waals surface area contributed by atoms with Gasteiger partial charge in [-0.05, 0) is 56.5 Å². The zero-order chi connectivity index (χ0) is 19.7. The van der Waals surface area contributed by atoms with Crippen molar-refractivity contribution in [2.75, 3.05) is 5.32 Å². The number of hydrogen-bond donors (Lipinski definition) is 1. The second-order valence-corrected chi connectivity index (χ2v) is 7.15. The van der Waals surface area contributed by atoms with Gasteiger partial charge in [-0.1, -0.05) is 18.6 Å². The van der Waals surface area contributed by atoms with E-state index in [0.29, 0.717) is 28.8 Å². The van der Waals surface area contributed by atoms with E-state index in [0.717, 1.165) is 30.5 Å². The number of nitrogens with zero attached hydrogens (tertiary/aromatic N) is 2. The average molecular weight is 375 g/mol. The predicted molar refractivity (Wildman–Crippen MR) is 106 cm³/mol. The van der Waals surface area contributed by atoms with Gasteiger partial charge in [0.1, 0.15) is 17.1 Å². The van der Waals surface area contributed by atoms with Crippen LogP contribution in [0, 0.1) is 13.8 Å². The van der Waals surface area contributed by atoms with Gasteiger partial charge < -0.3 is 9.73 Å². The maximum absolute atomic E-state index is 12.7. The zero-order valence-corrected chi connectivity index (χ0v) is 15.9. The van der Waals surface area contributed by atoms with E-state index in [4.69, 9.17) is 4.42 Å². The molecule has 1 amide bonds. The lowest BCUT2D eigenvalue weighted by molar-refractivity contribution is 0.102. The summed E-state index contributed by atoms with van der Waals surface area (Å²) < 4.78 is 5.42. The Morgan fingerprint density at radius 2 is 2.00 bits per heavy atom. The van der Waals surface area contributed by atoms with E-state index >= 15 is 0 Å². The van der Waals surface area contributed by atoms with Gasteiger partial charge in [-0.2, -0.15) is 0 Å². The topological polar surface area (TPSA) is 85.1 Å². The molecule has 142 valence electrons. The molecule has 0 radical (unpaired) electrons. The van der Waals surface area contributed by atoms with Crippen LogP contribution < -0.4 is 10.9 Å². The lowest BCUT2D eigenvalue weighted by Crippen LogP contribution is -2.24. The van der Waals surface area contributed by atoms with Crippen LogP contribution in [0.15, 0.2) is 51.8 Å². The molecule has 1 aliphatic rings. The van der Waals surface area contributed by atoms with Gasteiger partial charge in [0.15, 0.2) is 0 Å². The summed E-state index contributed by atoms with van der Waals surface area (Å²) in [5, 5.41) is 2.80. The molecule has 0 atom stereocenters. The standard InChI is InChI=1S/C22H21N3O3/c1-13-11-19(15-5-3-6-15)28-22(27)20(13)21(26)25-17-8-4-7-16(12-17)18-9-10-23-14(2)24-18/h4,7-12,15H,3,5-6H2,1-2H3,(H,25,26). The number of amides is 1. The molecule has 1 saturated carbocycles. The number of nitrogens with one attached hydrogen (secondary N) is 1. The van der Waals surface area contributed by atoms with Crippen LogP contribution in [-0.2, 0) is 0 Å². The van der Waals surface area contributed by atoms with Crippen molar-refractivity contribution in [3.8, 4) is 11.3 Å². The summed E-state index contributed by atoms with van der Waals surface area (Å²) in [6.07, 6.45) is 4.91. The minimum atomic E-state index is -0.582. The number of aryl methyl sites for hydroxylation is 2. The smallest absolute Gasteiger partial charge is 0.349 e. The summed E-state index contributed by atoms with van der Waals surface area (Å²) in [7, 11) is 0. The van der Waals surface area contributed by atoms with Crippen LogP contribution in [0.25, 0.3) is 11.3 Å². The summed E-state index contributed by atoms with van der Waals surface area (Å²) in [5.41, 5.74) is 2.31. The van der Waals surface area contributed by atoms with E-state index < -0.39 is 11.5 Å². The van der Waals surface area contributed by atoms with E-state index in [1.54, 1.807) is 19.2 Å². The highest BCUT2D eigenvalue weighted by Gasteiger charge is 2.25. The van der Waals surface area contributed by atoms with E-state index in [1.807, 2.05) is 37.3 Å². The highest BCUT2D eigenvalue weighted by Crippen LogP contribution is 2.36. The van der Waals surface area contributed by atoms with Crippen molar-refractivity contribution in [1.82, 2.24) is 9.97 Å². The molecule has 0 bridgehead atoms.